The van der Waals surface area contributed by atoms with Gasteiger partial charge in [-0.3, -0.25) is 0 Å². The van der Waals surface area contributed by atoms with Crippen molar-refractivity contribution in [1.29, 1.82) is 0 Å². The zero-order valence-corrected chi connectivity index (χ0v) is 9.63. The smallest absolute Gasteiger partial charge is 0.326 e. The fraction of sp³-hybridized carbons (Fsp3) is 0.800. The molecule has 0 aromatic carbocycles. The summed E-state index contributed by atoms with van der Waals surface area (Å²) in [5, 5.41) is 19.9. The van der Waals surface area contributed by atoms with Crippen LogP contribution in [0, 0.1) is 5.92 Å². The SMILES string of the molecule is NCC1CCN(C(=O)N[C@H](CCO)C(=O)O)C1. The first kappa shape index (κ1) is 13.7. The summed E-state index contributed by atoms with van der Waals surface area (Å²) in [5.74, 6) is -0.844. The highest BCUT2D eigenvalue weighted by Gasteiger charge is 2.28. The summed E-state index contributed by atoms with van der Waals surface area (Å²) < 4.78 is 0. The van der Waals surface area contributed by atoms with E-state index in [1.165, 1.54) is 0 Å². The van der Waals surface area contributed by atoms with Gasteiger partial charge in [0.05, 0.1) is 0 Å². The maximum Gasteiger partial charge on any atom is 0.326 e. The average Bonchev–Trinajstić information content (AvgIpc) is 2.76. The molecule has 5 N–H and O–H groups in total. The Labute approximate surface area is 99.6 Å². The van der Waals surface area contributed by atoms with Gasteiger partial charge in [0.2, 0.25) is 0 Å². The number of hydrogen-bond acceptors (Lipinski definition) is 4. The number of nitrogens with two attached hydrogens (primary N) is 1. The quantitative estimate of drug-likeness (QED) is 0.486. The van der Waals surface area contributed by atoms with Crippen LogP contribution in [-0.4, -0.2) is 59.4 Å². The summed E-state index contributed by atoms with van der Waals surface area (Å²) in [6.07, 6.45) is 0.858. The highest BCUT2D eigenvalue weighted by Crippen LogP contribution is 2.14. The number of aliphatic hydroxyl groups is 1. The second-order valence-electron chi connectivity index (χ2n) is 4.19. The van der Waals surface area contributed by atoms with Gasteiger partial charge in [-0.25, -0.2) is 9.59 Å². The second-order valence-corrected chi connectivity index (χ2v) is 4.19. The van der Waals surface area contributed by atoms with E-state index in [-0.39, 0.29) is 13.0 Å². The van der Waals surface area contributed by atoms with Gasteiger partial charge in [0.25, 0.3) is 0 Å². The van der Waals surface area contributed by atoms with Crippen LogP contribution in [0.1, 0.15) is 12.8 Å². The molecule has 0 aliphatic carbocycles. The minimum atomic E-state index is -1.14. The number of carbonyl (C=O) groups is 2. The number of likely N-dealkylation sites (tertiary alicyclic amines) is 1. The van der Waals surface area contributed by atoms with Gasteiger partial charge in [0.1, 0.15) is 6.04 Å². The Bertz CT molecular complexity index is 285. The molecule has 1 saturated heterocycles. The molecule has 2 amide bonds. The average molecular weight is 245 g/mol. The summed E-state index contributed by atoms with van der Waals surface area (Å²) in [5.41, 5.74) is 5.51. The van der Waals surface area contributed by atoms with Crippen LogP contribution in [0.5, 0.6) is 0 Å². The lowest BCUT2D eigenvalue weighted by molar-refractivity contribution is -0.139. The Morgan fingerprint density at radius 2 is 2.24 bits per heavy atom. The van der Waals surface area contributed by atoms with Crippen molar-refractivity contribution in [2.45, 2.75) is 18.9 Å². The molecule has 0 bridgehead atoms. The first-order chi connectivity index (χ1) is 8.08. The van der Waals surface area contributed by atoms with Gasteiger partial charge in [-0.1, -0.05) is 0 Å². The van der Waals surface area contributed by atoms with E-state index in [4.69, 9.17) is 15.9 Å². The maximum atomic E-state index is 11.7. The molecule has 0 spiro atoms. The number of carboxylic acids is 1. The predicted octanol–water partition coefficient (Wildman–Crippen LogP) is -1.19. The zero-order valence-electron chi connectivity index (χ0n) is 9.63. The summed E-state index contributed by atoms with van der Waals surface area (Å²) in [6, 6.07) is -1.44. The standard InChI is InChI=1S/C10H19N3O4/c11-5-7-1-3-13(6-7)10(17)12-8(2-4-14)9(15)16/h7-8,14H,1-6,11H2,(H,12,17)(H,15,16)/t7?,8-/m1/s1. The third-order valence-electron chi connectivity index (χ3n) is 2.92. The minimum Gasteiger partial charge on any atom is -0.480 e. The molecule has 0 aromatic rings. The van der Waals surface area contributed by atoms with E-state index in [9.17, 15) is 9.59 Å². The lowest BCUT2D eigenvalue weighted by Gasteiger charge is -2.20. The van der Waals surface area contributed by atoms with Gasteiger partial charge < -0.3 is 26.2 Å². The molecule has 1 fully saturated rings. The number of nitrogens with one attached hydrogen (secondary N) is 1. The lowest BCUT2D eigenvalue weighted by Crippen LogP contribution is -2.47. The van der Waals surface area contributed by atoms with Crippen molar-refractivity contribution in [3.8, 4) is 0 Å². The monoisotopic (exact) mass is 245 g/mol. The molecule has 7 heteroatoms. The van der Waals surface area contributed by atoms with Gasteiger partial charge in [-0.15, -0.1) is 0 Å². The van der Waals surface area contributed by atoms with Gasteiger partial charge in [-0.05, 0) is 18.9 Å². The molecular weight excluding hydrogens is 226 g/mol. The first-order valence-corrected chi connectivity index (χ1v) is 5.67. The van der Waals surface area contributed by atoms with Gasteiger partial charge >= 0.3 is 12.0 Å². The molecule has 1 rings (SSSR count). The molecule has 0 aromatic heterocycles. The number of aliphatic carboxylic acids is 1. The highest BCUT2D eigenvalue weighted by atomic mass is 16.4. The van der Waals surface area contributed by atoms with Crippen LogP contribution < -0.4 is 11.1 Å². The Hall–Kier alpha value is -1.34. The van der Waals surface area contributed by atoms with Gasteiger partial charge in [0, 0.05) is 26.1 Å². The molecule has 1 heterocycles. The fourth-order valence-corrected chi connectivity index (χ4v) is 1.84. The van der Waals surface area contributed by atoms with Crippen LogP contribution in [0.25, 0.3) is 0 Å². The number of carbonyl (C=O) groups excluding carboxylic acids is 1. The van der Waals surface area contributed by atoms with Gasteiger partial charge in [-0.2, -0.15) is 0 Å². The number of aliphatic hydroxyl groups excluding tert-OH is 1. The van der Waals surface area contributed by atoms with Crippen molar-refractivity contribution < 1.29 is 19.8 Å². The van der Waals surface area contributed by atoms with E-state index < -0.39 is 18.0 Å². The third-order valence-corrected chi connectivity index (χ3v) is 2.92. The molecule has 2 atom stereocenters. The van der Waals surface area contributed by atoms with Crippen LogP contribution in [-0.2, 0) is 4.79 Å². The topological polar surface area (TPSA) is 116 Å². The van der Waals surface area contributed by atoms with Crippen LogP contribution in [0.3, 0.4) is 0 Å². The Balaban J connectivity index is 2.45. The molecule has 1 aliphatic heterocycles. The summed E-state index contributed by atoms with van der Waals surface area (Å²) >= 11 is 0. The molecule has 98 valence electrons. The number of hydrogen-bond donors (Lipinski definition) is 4. The Kier molecular flexibility index (Phi) is 5.17. The predicted molar refractivity (Wildman–Crippen MR) is 60.4 cm³/mol. The molecular formula is C10H19N3O4. The van der Waals surface area contributed by atoms with Crippen LogP contribution in [0.15, 0.2) is 0 Å². The lowest BCUT2D eigenvalue weighted by atomic mass is 10.1. The maximum absolute atomic E-state index is 11.7. The van der Waals surface area contributed by atoms with Crippen molar-refractivity contribution in [3.05, 3.63) is 0 Å². The first-order valence-electron chi connectivity index (χ1n) is 5.67. The van der Waals surface area contributed by atoms with Gasteiger partial charge in [0.15, 0.2) is 0 Å². The summed E-state index contributed by atoms with van der Waals surface area (Å²) in [7, 11) is 0. The van der Waals surface area contributed by atoms with Crippen LogP contribution >= 0.6 is 0 Å². The van der Waals surface area contributed by atoms with E-state index in [1.54, 1.807) is 4.90 Å². The van der Waals surface area contributed by atoms with E-state index in [1.807, 2.05) is 0 Å². The van der Waals surface area contributed by atoms with Crippen LogP contribution in [0.2, 0.25) is 0 Å². The third kappa shape index (κ3) is 3.86. The molecule has 7 nitrogen and oxygen atoms in total. The van der Waals surface area contributed by atoms with Crippen molar-refractivity contribution in [3.63, 3.8) is 0 Å². The summed E-state index contributed by atoms with van der Waals surface area (Å²) in [4.78, 5) is 24.1. The number of amides is 2. The fourth-order valence-electron chi connectivity index (χ4n) is 1.84. The van der Waals surface area contributed by atoms with Crippen LogP contribution in [0.4, 0.5) is 4.79 Å². The minimum absolute atomic E-state index is 0.00916. The number of rotatable bonds is 5. The number of nitrogens with zero attached hydrogens (tertiary/aromatic N) is 1. The molecule has 0 saturated carbocycles. The largest absolute Gasteiger partial charge is 0.480 e. The molecule has 1 unspecified atom stereocenters. The van der Waals surface area contributed by atoms with E-state index >= 15 is 0 Å². The normalized spacial score (nSPS) is 21.3. The Morgan fingerprint density at radius 3 is 2.71 bits per heavy atom. The Morgan fingerprint density at radius 1 is 1.53 bits per heavy atom. The zero-order chi connectivity index (χ0) is 12.8. The number of urea groups is 1. The molecule has 1 aliphatic rings. The highest BCUT2D eigenvalue weighted by molar-refractivity contribution is 5.82. The molecule has 0 radical (unpaired) electrons. The second kappa shape index (κ2) is 6.41. The molecule has 17 heavy (non-hydrogen) atoms. The van der Waals surface area contributed by atoms with Crippen molar-refractivity contribution >= 4 is 12.0 Å². The van der Waals surface area contributed by atoms with Crippen molar-refractivity contribution in [1.82, 2.24) is 10.2 Å². The van der Waals surface area contributed by atoms with E-state index in [0.29, 0.717) is 25.6 Å². The van der Waals surface area contributed by atoms with E-state index in [2.05, 4.69) is 5.32 Å². The van der Waals surface area contributed by atoms with E-state index in [0.717, 1.165) is 6.42 Å². The number of carboxylic acid groups (broad SMARTS) is 1. The van der Waals surface area contributed by atoms with Crippen molar-refractivity contribution in [2.75, 3.05) is 26.2 Å². The summed E-state index contributed by atoms with van der Waals surface area (Å²) in [6.45, 7) is 1.42. The van der Waals surface area contributed by atoms with Crippen molar-refractivity contribution in [2.24, 2.45) is 11.7 Å².